The predicted octanol–water partition coefficient (Wildman–Crippen LogP) is 3.78. The monoisotopic (exact) mass is 416 g/mol. The van der Waals surface area contributed by atoms with Crippen LogP contribution >= 0.6 is 0 Å². The highest BCUT2D eigenvalue weighted by molar-refractivity contribution is 6.69. The fraction of sp³-hybridized carbons (Fsp3) is 0.696. The fourth-order valence-corrected chi connectivity index (χ4v) is 8.28. The summed E-state index contributed by atoms with van der Waals surface area (Å²) in [4.78, 5) is 12.6. The van der Waals surface area contributed by atoms with Crippen LogP contribution in [0, 0.1) is 23.7 Å². The van der Waals surface area contributed by atoms with Crippen molar-refractivity contribution in [3.05, 3.63) is 35.9 Å². The predicted molar refractivity (Wildman–Crippen MR) is 111 cm³/mol. The van der Waals surface area contributed by atoms with Crippen molar-refractivity contribution in [1.82, 2.24) is 0 Å². The van der Waals surface area contributed by atoms with Crippen LogP contribution < -0.4 is 0 Å². The van der Waals surface area contributed by atoms with Gasteiger partial charge < -0.3 is 18.6 Å². The number of hydrogen-bond donors (Lipinski definition) is 0. The molecule has 0 unspecified atom stereocenters. The second-order valence-electron chi connectivity index (χ2n) is 10.4. The van der Waals surface area contributed by atoms with Gasteiger partial charge in [0.1, 0.15) is 11.7 Å². The van der Waals surface area contributed by atoms with Crippen molar-refractivity contribution in [3.63, 3.8) is 0 Å². The third kappa shape index (κ3) is 2.94. The van der Waals surface area contributed by atoms with E-state index >= 15 is 0 Å². The first-order valence-corrected chi connectivity index (χ1v) is 14.3. The summed E-state index contributed by atoms with van der Waals surface area (Å²) in [5, 5.41) is 0. The van der Waals surface area contributed by atoms with Crippen molar-refractivity contribution >= 4 is 14.3 Å². The Hall–Kier alpha value is -1.21. The van der Waals surface area contributed by atoms with Crippen LogP contribution in [0.25, 0.3) is 0 Å². The normalized spacial score (nSPS) is 42.8. The van der Waals surface area contributed by atoms with Crippen LogP contribution in [0.3, 0.4) is 0 Å². The van der Waals surface area contributed by atoms with E-state index in [2.05, 4.69) is 38.7 Å². The van der Waals surface area contributed by atoms with Crippen molar-refractivity contribution < 1.29 is 23.4 Å². The summed E-state index contributed by atoms with van der Waals surface area (Å²) in [5.41, 5.74) is 0.184. The van der Waals surface area contributed by atoms with E-state index in [4.69, 9.17) is 18.6 Å². The van der Waals surface area contributed by atoms with Gasteiger partial charge in [-0.2, -0.15) is 0 Å². The highest BCUT2D eigenvalue weighted by Gasteiger charge is 2.77. The molecule has 1 aromatic rings. The standard InChI is InChI=1S/C23H32O5Si/c1-22-18-10-19-21(23(22,11-20(24)27-19)28-29(2,3)4)17(16(18)14-26-22)13-25-12-15-8-6-5-7-9-15/h5-9,16-19,21H,10-14H2,1-4H3/t16-,17-,18+,19-,21+,22-,23+/m1/s1. The van der Waals surface area contributed by atoms with Gasteiger partial charge in [-0.3, -0.25) is 4.79 Å². The number of ether oxygens (including phenoxy) is 3. The molecule has 3 aliphatic carbocycles. The molecule has 6 heteroatoms. The number of esters is 1. The first-order chi connectivity index (χ1) is 13.7. The highest BCUT2D eigenvalue weighted by atomic mass is 28.4. The van der Waals surface area contributed by atoms with Crippen molar-refractivity contribution in [3.8, 4) is 0 Å². The largest absolute Gasteiger partial charge is 0.462 e. The molecular weight excluding hydrogens is 384 g/mol. The molecule has 5 nitrogen and oxygen atoms in total. The molecule has 3 saturated carbocycles. The van der Waals surface area contributed by atoms with E-state index in [0.717, 1.165) is 13.0 Å². The summed E-state index contributed by atoms with van der Waals surface area (Å²) < 4.78 is 25.5. The zero-order valence-electron chi connectivity index (χ0n) is 17.9. The minimum Gasteiger partial charge on any atom is -0.462 e. The third-order valence-electron chi connectivity index (χ3n) is 7.68. The first kappa shape index (κ1) is 19.7. The van der Waals surface area contributed by atoms with E-state index in [-0.39, 0.29) is 18.0 Å². The Balaban J connectivity index is 1.46. The van der Waals surface area contributed by atoms with Crippen molar-refractivity contribution in [2.24, 2.45) is 23.7 Å². The van der Waals surface area contributed by atoms with E-state index in [1.807, 2.05) is 18.2 Å². The maximum absolute atomic E-state index is 12.6. The molecule has 2 saturated heterocycles. The van der Waals surface area contributed by atoms with E-state index in [0.29, 0.717) is 37.4 Å². The molecule has 0 N–H and O–H groups in total. The lowest BCUT2D eigenvalue weighted by Gasteiger charge is -2.67. The summed E-state index contributed by atoms with van der Waals surface area (Å²) in [6.07, 6.45) is 1.12. The number of rotatable bonds is 6. The van der Waals surface area contributed by atoms with Crippen molar-refractivity contribution in [2.45, 2.75) is 63.3 Å². The van der Waals surface area contributed by atoms with Gasteiger partial charge in [-0.1, -0.05) is 30.3 Å². The summed E-state index contributed by atoms with van der Waals surface area (Å²) in [6.45, 7) is 10.8. The fourth-order valence-electron chi connectivity index (χ4n) is 6.78. The SMILES string of the molecule is C[C@@]12OC[C@@H]3[C@@H](COCc4ccccc4)[C@H]4[C@@H](C[C@@H]31)OC(=O)C[C@]42O[Si](C)(C)C. The smallest absolute Gasteiger partial charge is 0.309 e. The van der Waals surface area contributed by atoms with Gasteiger partial charge in [-0.05, 0) is 56.3 Å². The molecule has 0 aromatic heterocycles. The van der Waals surface area contributed by atoms with Crippen LogP contribution in [0.15, 0.2) is 30.3 Å². The highest BCUT2D eigenvalue weighted by Crippen LogP contribution is 2.68. The molecule has 6 rings (SSSR count). The molecule has 7 atom stereocenters. The number of carbonyl (C=O) groups is 1. The minimum absolute atomic E-state index is 0.0750. The molecule has 6 bridgehead atoms. The van der Waals surface area contributed by atoms with Crippen molar-refractivity contribution in [1.29, 1.82) is 0 Å². The number of hydrogen-bond acceptors (Lipinski definition) is 5. The Kier molecular flexibility index (Phi) is 4.52. The molecule has 0 radical (unpaired) electrons. The van der Waals surface area contributed by atoms with Gasteiger partial charge >= 0.3 is 5.97 Å². The number of benzene rings is 1. The van der Waals surface area contributed by atoms with Crippen molar-refractivity contribution in [2.75, 3.05) is 13.2 Å². The molecule has 0 spiro atoms. The van der Waals surface area contributed by atoms with Crippen LogP contribution in [-0.2, 0) is 30.0 Å². The summed E-state index contributed by atoms with van der Waals surface area (Å²) in [6, 6.07) is 10.3. The third-order valence-corrected chi connectivity index (χ3v) is 8.65. The van der Waals surface area contributed by atoms with E-state index in [9.17, 15) is 4.79 Å². The van der Waals surface area contributed by atoms with Gasteiger partial charge in [0.05, 0.1) is 31.8 Å². The molecule has 2 heterocycles. The first-order valence-electron chi connectivity index (χ1n) is 10.9. The Morgan fingerprint density at radius 3 is 2.69 bits per heavy atom. The van der Waals surface area contributed by atoms with Gasteiger partial charge in [0.25, 0.3) is 0 Å². The maximum Gasteiger partial charge on any atom is 0.309 e. The zero-order valence-corrected chi connectivity index (χ0v) is 18.9. The van der Waals surface area contributed by atoms with Gasteiger partial charge in [0.15, 0.2) is 8.32 Å². The lowest BCUT2D eigenvalue weighted by atomic mass is 9.45. The van der Waals surface area contributed by atoms with E-state index < -0.39 is 19.5 Å². The minimum atomic E-state index is -1.93. The molecule has 0 amide bonds. The second-order valence-corrected chi connectivity index (χ2v) is 14.9. The molecular formula is C23H32O5Si. The van der Waals surface area contributed by atoms with Gasteiger partial charge in [0.2, 0.25) is 0 Å². The number of carbonyl (C=O) groups excluding carboxylic acids is 1. The molecule has 158 valence electrons. The van der Waals surface area contributed by atoms with Crippen LogP contribution in [-0.4, -0.2) is 44.8 Å². The lowest BCUT2D eigenvalue weighted by molar-refractivity contribution is -0.290. The summed E-state index contributed by atoms with van der Waals surface area (Å²) in [5.74, 6) is 1.11. The van der Waals surface area contributed by atoms with Crippen LogP contribution in [0.5, 0.6) is 0 Å². The Bertz CT molecular complexity index is 792. The Labute approximate surface area is 174 Å². The summed E-state index contributed by atoms with van der Waals surface area (Å²) >= 11 is 0. The van der Waals surface area contributed by atoms with E-state index in [1.54, 1.807) is 0 Å². The van der Waals surface area contributed by atoms with Gasteiger partial charge in [-0.15, -0.1) is 0 Å². The maximum atomic E-state index is 12.6. The van der Waals surface area contributed by atoms with Crippen LogP contribution in [0.4, 0.5) is 0 Å². The zero-order chi connectivity index (χ0) is 20.4. The topological polar surface area (TPSA) is 54.0 Å². The molecule has 1 aromatic carbocycles. The van der Waals surface area contributed by atoms with Crippen LogP contribution in [0.2, 0.25) is 19.6 Å². The van der Waals surface area contributed by atoms with E-state index in [1.165, 1.54) is 5.56 Å². The van der Waals surface area contributed by atoms with Crippen LogP contribution in [0.1, 0.15) is 25.3 Å². The average molecular weight is 417 g/mol. The lowest BCUT2D eigenvalue weighted by Crippen LogP contribution is -2.78. The second kappa shape index (κ2) is 6.64. The quantitative estimate of drug-likeness (QED) is 0.522. The average Bonchev–Trinajstić information content (AvgIpc) is 2.94. The molecule has 5 fully saturated rings. The molecule has 2 aliphatic heterocycles. The Morgan fingerprint density at radius 1 is 1.21 bits per heavy atom. The molecule has 29 heavy (non-hydrogen) atoms. The van der Waals surface area contributed by atoms with Gasteiger partial charge in [0, 0.05) is 5.92 Å². The van der Waals surface area contributed by atoms with Gasteiger partial charge in [-0.25, -0.2) is 0 Å². The Morgan fingerprint density at radius 2 is 1.97 bits per heavy atom. The summed E-state index contributed by atoms with van der Waals surface area (Å²) in [7, 11) is -1.93. The molecule has 5 aliphatic rings.